The van der Waals surface area contributed by atoms with E-state index in [0.717, 1.165) is 29.8 Å². The molecule has 1 aromatic carbocycles. The SMILES string of the molecule is CC(=O)c1ccc(OCCCN(C)CCN(C)c2cc(=O)n(C)c(=O)n2C)cc1. The van der Waals surface area contributed by atoms with E-state index in [0.29, 0.717) is 24.5 Å². The molecule has 0 aliphatic heterocycles. The first kappa shape index (κ1) is 22.4. The van der Waals surface area contributed by atoms with Gasteiger partial charge >= 0.3 is 5.69 Å². The number of carbonyl (C=O) groups is 1. The van der Waals surface area contributed by atoms with Crippen molar-refractivity contribution in [2.24, 2.45) is 14.1 Å². The number of hydrogen-bond donors (Lipinski definition) is 0. The van der Waals surface area contributed by atoms with E-state index in [9.17, 15) is 14.4 Å². The van der Waals surface area contributed by atoms with Crippen molar-refractivity contribution in [3.63, 3.8) is 0 Å². The molecule has 0 N–H and O–H groups in total. The maximum absolute atomic E-state index is 12.1. The van der Waals surface area contributed by atoms with E-state index in [-0.39, 0.29) is 17.0 Å². The Hall–Kier alpha value is -2.87. The third kappa shape index (κ3) is 6.05. The molecule has 0 bridgehead atoms. The van der Waals surface area contributed by atoms with E-state index < -0.39 is 0 Å². The van der Waals surface area contributed by atoms with Gasteiger partial charge in [0.25, 0.3) is 5.56 Å². The largest absolute Gasteiger partial charge is 0.494 e. The lowest BCUT2D eigenvalue weighted by Crippen LogP contribution is -2.41. The molecule has 0 spiro atoms. The van der Waals surface area contributed by atoms with Gasteiger partial charge in [0, 0.05) is 52.4 Å². The van der Waals surface area contributed by atoms with Gasteiger partial charge in [-0.05, 0) is 44.7 Å². The Bertz CT molecular complexity index is 947. The average molecular weight is 402 g/mol. The van der Waals surface area contributed by atoms with Crippen LogP contribution in [-0.4, -0.2) is 60.2 Å². The molecular formula is C21H30N4O4. The molecule has 0 aliphatic rings. The summed E-state index contributed by atoms with van der Waals surface area (Å²) < 4.78 is 8.29. The molecule has 0 radical (unpaired) electrons. The Kier molecular flexibility index (Phi) is 7.78. The molecule has 0 saturated carbocycles. The summed E-state index contributed by atoms with van der Waals surface area (Å²) in [6, 6.07) is 8.63. The summed E-state index contributed by atoms with van der Waals surface area (Å²) in [6.07, 6.45) is 0.860. The van der Waals surface area contributed by atoms with Crippen LogP contribution in [0.2, 0.25) is 0 Å². The number of anilines is 1. The number of carbonyl (C=O) groups excluding carboxylic acids is 1. The van der Waals surface area contributed by atoms with Crippen molar-refractivity contribution in [3.8, 4) is 5.75 Å². The molecule has 0 aliphatic carbocycles. The Morgan fingerprint density at radius 1 is 1.00 bits per heavy atom. The molecule has 29 heavy (non-hydrogen) atoms. The molecule has 0 unspecified atom stereocenters. The summed E-state index contributed by atoms with van der Waals surface area (Å²) in [7, 11) is 7.04. The minimum Gasteiger partial charge on any atom is -0.494 e. The molecule has 2 aromatic rings. The van der Waals surface area contributed by atoms with E-state index >= 15 is 0 Å². The van der Waals surface area contributed by atoms with Crippen molar-refractivity contribution in [1.82, 2.24) is 14.0 Å². The summed E-state index contributed by atoms with van der Waals surface area (Å²) in [5, 5.41) is 0. The Morgan fingerprint density at radius 2 is 1.66 bits per heavy atom. The van der Waals surface area contributed by atoms with Gasteiger partial charge in [0.1, 0.15) is 11.6 Å². The smallest absolute Gasteiger partial charge is 0.332 e. The van der Waals surface area contributed by atoms with Crippen molar-refractivity contribution in [2.75, 3.05) is 45.2 Å². The molecule has 158 valence electrons. The fraction of sp³-hybridized carbons (Fsp3) is 0.476. The maximum Gasteiger partial charge on any atom is 0.332 e. The van der Waals surface area contributed by atoms with Crippen LogP contribution in [0.4, 0.5) is 5.82 Å². The van der Waals surface area contributed by atoms with Gasteiger partial charge in [0.15, 0.2) is 5.78 Å². The quantitative estimate of drug-likeness (QED) is 0.438. The number of Topliss-reactive ketones (excluding diaryl/α,β-unsaturated/α-hetero) is 1. The highest BCUT2D eigenvalue weighted by molar-refractivity contribution is 5.94. The molecule has 2 rings (SSSR count). The first-order valence-electron chi connectivity index (χ1n) is 9.61. The van der Waals surface area contributed by atoms with Crippen molar-refractivity contribution < 1.29 is 9.53 Å². The average Bonchev–Trinajstić information content (AvgIpc) is 2.70. The van der Waals surface area contributed by atoms with Crippen LogP contribution < -0.4 is 20.9 Å². The second kappa shape index (κ2) is 10.1. The molecule has 1 aromatic heterocycles. The van der Waals surface area contributed by atoms with E-state index in [4.69, 9.17) is 4.74 Å². The summed E-state index contributed by atoms with van der Waals surface area (Å²) in [4.78, 5) is 39.3. The van der Waals surface area contributed by atoms with E-state index in [1.165, 1.54) is 17.7 Å². The summed E-state index contributed by atoms with van der Waals surface area (Å²) >= 11 is 0. The molecule has 8 nitrogen and oxygen atoms in total. The van der Waals surface area contributed by atoms with Gasteiger partial charge < -0.3 is 14.5 Å². The minimum atomic E-state index is -0.332. The van der Waals surface area contributed by atoms with E-state index in [2.05, 4.69) is 4.90 Å². The lowest BCUT2D eigenvalue weighted by Gasteiger charge is -2.25. The molecule has 1 heterocycles. The minimum absolute atomic E-state index is 0.0408. The number of aromatic nitrogens is 2. The third-order valence-electron chi connectivity index (χ3n) is 4.92. The standard InChI is InChI=1S/C21H30N4O4/c1-16(26)17-7-9-18(10-8-17)29-14-6-11-22(2)12-13-23(3)19-15-20(27)25(5)21(28)24(19)4/h7-10,15H,6,11-14H2,1-5H3. The number of benzene rings is 1. The first-order valence-corrected chi connectivity index (χ1v) is 9.61. The number of ketones is 1. The normalized spacial score (nSPS) is 11.0. The summed E-state index contributed by atoms with van der Waals surface area (Å²) in [6.45, 7) is 4.45. The molecular weight excluding hydrogens is 372 g/mol. The van der Waals surface area contributed by atoms with Gasteiger partial charge in [0.2, 0.25) is 0 Å². The maximum atomic E-state index is 12.1. The zero-order chi connectivity index (χ0) is 21.6. The highest BCUT2D eigenvalue weighted by Gasteiger charge is 2.11. The zero-order valence-electron chi connectivity index (χ0n) is 17.8. The number of hydrogen-bond acceptors (Lipinski definition) is 6. The zero-order valence-corrected chi connectivity index (χ0v) is 17.8. The van der Waals surface area contributed by atoms with Crippen molar-refractivity contribution >= 4 is 11.6 Å². The summed E-state index contributed by atoms with van der Waals surface area (Å²) in [5.41, 5.74) is 0.0351. The van der Waals surface area contributed by atoms with Crippen LogP contribution in [-0.2, 0) is 14.1 Å². The van der Waals surface area contributed by atoms with Gasteiger partial charge in [-0.3, -0.25) is 18.7 Å². The number of rotatable bonds is 10. The lowest BCUT2D eigenvalue weighted by atomic mass is 10.1. The van der Waals surface area contributed by atoms with Crippen LogP contribution in [0, 0.1) is 0 Å². The van der Waals surface area contributed by atoms with Gasteiger partial charge in [-0.15, -0.1) is 0 Å². The van der Waals surface area contributed by atoms with Gasteiger partial charge in [-0.25, -0.2) is 4.79 Å². The van der Waals surface area contributed by atoms with Gasteiger partial charge in [-0.2, -0.15) is 0 Å². The van der Waals surface area contributed by atoms with Crippen LogP contribution in [0.5, 0.6) is 5.75 Å². The Labute approximate surface area is 170 Å². The predicted octanol–water partition coefficient (Wildman–Crippen LogP) is 1.12. The van der Waals surface area contributed by atoms with Crippen molar-refractivity contribution in [3.05, 3.63) is 56.7 Å². The second-order valence-electron chi connectivity index (χ2n) is 7.25. The van der Waals surface area contributed by atoms with Crippen LogP contribution in [0.15, 0.2) is 39.9 Å². The molecule has 8 heteroatoms. The molecule has 0 amide bonds. The fourth-order valence-corrected chi connectivity index (χ4v) is 2.95. The van der Waals surface area contributed by atoms with Gasteiger partial charge in [0.05, 0.1) is 6.61 Å². The second-order valence-corrected chi connectivity index (χ2v) is 7.25. The topological polar surface area (TPSA) is 76.8 Å². The van der Waals surface area contributed by atoms with Crippen LogP contribution in [0.3, 0.4) is 0 Å². The third-order valence-corrected chi connectivity index (χ3v) is 4.92. The Balaban J connectivity index is 1.76. The van der Waals surface area contributed by atoms with Crippen LogP contribution in [0.1, 0.15) is 23.7 Å². The number of likely N-dealkylation sites (N-methyl/N-ethyl adjacent to an activating group) is 2. The highest BCUT2D eigenvalue weighted by Crippen LogP contribution is 2.13. The fourth-order valence-electron chi connectivity index (χ4n) is 2.95. The highest BCUT2D eigenvalue weighted by atomic mass is 16.5. The lowest BCUT2D eigenvalue weighted by molar-refractivity contribution is 0.101. The van der Waals surface area contributed by atoms with E-state index in [1.54, 1.807) is 26.1 Å². The van der Waals surface area contributed by atoms with Crippen LogP contribution >= 0.6 is 0 Å². The monoisotopic (exact) mass is 402 g/mol. The molecule has 0 atom stereocenters. The van der Waals surface area contributed by atoms with Crippen LogP contribution in [0.25, 0.3) is 0 Å². The molecule has 0 fully saturated rings. The number of nitrogens with zero attached hydrogens (tertiary/aromatic N) is 4. The van der Waals surface area contributed by atoms with Crippen molar-refractivity contribution in [2.45, 2.75) is 13.3 Å². The van der Waals surface area contributed by atoms with E-state index in [1.807, 2.05) is 31.1 Å². The summed E-state index contributed by atoms with van der Waals surface area (Å²) in [5.74, 6) is 1.40. The van der Waals surface area contributed by atoms with Crippen molar-refractivity contribution in [1.29, 1.82) is 0 Å². The number of ether oxygens (including phenoxy) is 1. The predicted molar refractivity (Wildman–Crippen MR) is 114 cm³/mol. The first-order chi connectivity index (χ1) is 13.7. The van der Waals surface area contributed by atoms with Gasteiger partial charge in [-0.1, -0.05) is 0 Å². The Morgan fingerprint density at radius 3 is 2.28 bits per heavy atom. The molecule has 0 saturated heterocycles.